The highest BCUT2D eigenvalue weighted by molar-refractivity contribution is 5.85. The number of carbonyl (C=O) groups is 1. The van der Waals surface area contributed by atoms with E-state index in [0.717, 1.165) is 16.9 Å². The first-order valence-electron chi connectivity index (χ1n) is 5.50. The molecular weight excluding hydrogens is 254 g/mol. The van der Waals surface area contributed by atoms with Gasteiger partial charge in [-0.05, 0) is 24.6 Å². The summed E-state index contributed by atoms with van der Waals surface area (Å²) in [5.74, 6) is 0.125. The Kier molecular flexibility index (Phi) is 4.55. The van der Waals surface area contributed by atoms with E-state index in [1.54, 1.807) is 0 Å². The maximum absolute atomic E-state index is 10.4. The predicted octanol–water partition coefficient (Wildman–Crippen LogP) is 1.98. The van der Waals surface area contributed by atoms with Crippen molar-refractivity contribution < 1.29 is 9.90 Å². The maximum atomic E-state index is 10.4. The van der Waals surface area contributed by atoms with E-state index < -0.39 is 5.97 Å². The summed E-state index contributed by atoms with van der Waals surface area (Å²) in [6.45, 7) is 0. The number of nitrogens with two attached hydrogens (primary N) is 1. The molecule has 1 aromatic heterocycles. The van der Waals surface area contributed by atoms with E-state index in [-0.39, 0.29) is 18.8 Å². The third kappa shape index (κ3) is 2.92. The molecule has 18 heavy (non-hydrogen) atoms. The van der Waals surface area contributed by atoms with Gasteiger partial charge in [-0.1, -0.05) is 0 Å². The first kappa shape index (κ1) is 14.3. The standard InChI is InChI=1S/C12H15N3O2.ClH/c1-15-10-6-5-8(13)7-9(10)14-11(15)3-2-4-12(16)17;/h5-7H,2-4,13H2,1H3,(H,16,17);1H. The lowest BCUT2D eigenvalue weighted by atomic mass is 10.2. The second kappa shape index (κ2) is 5.73. The van der Waals surface area contributed by atoms with Gasteiger partial charge in [-0.15, -0.1) is 12.4 Å². The molecule has 0 aliphatic rings. The number of fused-ring (bicyclic) bond motifs is 1. The number of hydrogen-bond donors (Lipinski definition) is 2. The van der Waals surface area contributed by atoms with Gasteiger partial charge in [-0.2, -0.15) is 0 Å². The number of aromatic nitrogens is 2. The monoisotopic (exact) mass is 269 g/mol. The van der Waals surface area contributed by atoms with Crippen LogP contribution in [0.2, 0.25) is 0 Å². The number of carboxylic acids is 1. The van der Waals surface area contributed by atoms with E-state index in [0.29, 0.717) is 18.5 Å². The number of aliphatic carboxylic acids is 1. The molecule has 3 N–H and O–H groups in total. The summed E-state index contributed by atoms with van der Waals surface area (Å²) in [7, 11) is 1.93. The van der Waals surface area contributed by atoms with Crippen molar-refractivity contribution in [3.63, 3.8) is 0 Å². The van der Waals surface area contributed by atoms with Crippen LogP contribution >= 0.6 is 12.4 Å². The van der Waals surface area contributed by atoms with Crippen molar-refractivity contribution in [3.8, 4) is 0 Å². The smallest absolute Gasteiger partial charge is 0.303 e. The van der Waals surface area contributed by atoms with Gasteiger partial charge in [0.1, 0.15) is 5.82 Å². The van der Waals surface area contributed by atoms with Gasteiger partial charge in [0, 0.05) is 25.6 Å². The van der Waals surface area contributed by atoms with E-state index in [2.05, 4.69) is 4.98 Å². The van der Waals surface area contributed by atoms with E-state index in [1.807, 2.05) is 29.8 Å². The van der Waals surface area contributed by atoms with Crippen LogP contribution in [0.1, 0.15) is 18.7 Å². The molecule has 0 saturated heterocycles. The molecule has 0 bridgehead atoms. The minimum atomic E-state index is -0.770. The molecule has 6 heteroatoms. The van der Waals surface area contributed by atoms with Crippen LogP contribution in [0.3, 0.4) is 0 Å². The molecule has 0 radical (unpaired) electrons. The minimum Gasteiger partial charge on any atom is -0.481 e. The summed E-state index contributed by atoms with van der Waals surface area (Å²) in [5.41, 5.74) is 8.26. The van der Waals surface area contributed by atoms with E-state index >= 15 is 0 Å². The van der Waals surface area contributed by atoms with Crippen LogP contribution in [0.4, 0.5) is 5.69 Å². The van der Waals surface area contributed by atoms with Crippen molar-refractivity contribution in [1.82, 2.24) is 9.55 Å². The van der Waals surface area contributed by atoms with Crippen molar-refractivity contribution in [3.05, 3.63) is 24.0 Å². The van der Waals surface area contributed by atoms with E-state index in [1.165, 1.54) is 0 Å². The molecule has 0 unspecified atom stereocenters. The lowest BCUT2D eigenvalue weighted by molar-refractivity contribution is -0.137. The van der Waals surface area contributed by atoms with Gasteiger partial charge in [0.25, 0.3) is 0 Å². The molecule has 5 nitrogen and oxygen atoms in total. The summed E-state index contributed by atoms with van der Waals surface area (Å²) >= 11 is 0. The molecule has 1 aromatic carbocycles. The topological polar surface area (TPSA) is 81.1 Å². The number of imidazole rings is 1. The second-order valence-electron chi connectivity index (χ2n) is 4.08. The largest absolute Gasteiger partial charge is 0.481 e. The summed E-state index contributed by atoms with van der Waals surface area (Å²) in [5, 5.41) is 8.59. The number of anilines is 1. The Morgan fingerprint density at radius 3 is 2.89 bits per heavy atom. The fraction of sp³-hybridized carbons (Fsp3) is 0.333. The number of benzene rings is 1. The first-order chi connectivity index (χ1) is 8.08. The molecule has 0 aliphatic carbocycles. The Morgan fingerprint density at radius 1 is 1.50 bits per heavy atom. The van der Waals surface area contributed by atoms with Crippen molar-refractivity contribution in [2.75, 3.05) is 5.73 Å². The van der Waals surface area contributed by atoms with Crippen LogP contribution in [0.5, 0.6) is 0 Å². The number of halogens is 1. The van der Waals surface area contributed by atoms with E-state index in [9.17, 15) is 4.79 Å². The third-order valence-corrected chi connectivity index (χ3v) is 2.79. The summed E-state index contributed by atoms with van der Waals surface area (Å²) in [4.78, 5) is 14.9. The van der Waals surface area contributed by atoms with Gasteiger partial charge in [0.15, 0.2) is 0 Å². The summed E-state index contributed by atoms with van der Waals surface area (Å²) in [6.07, 6.45) is 1.44. The average Bonchev–Trinajstić information content (AvgIpc) is 2.55. The molecule has 0 amide bonds. The number of nitrogen functional groups attached to an aromatic ring is 1. The number of rotatable bonds is 4. The van der Waals surface area contributed by atoms with Gasteiger partial charge >= 0.3 is 5.97 Å². The number of aryl methyl sites for hydroxylation is 2. The number of carboxylic acid groups (broad SMARTS) is 1. The highest BCUT2D eigenvalue weighted by atomic mass is 35.5. The highest BCUT2D eigenvalue weighted by Crippen LogP contribution is 2.18. The van der Waals surface area contributed by atoms with Crippen LogP contribution in [0.15, 0.2) is 18.2 Å². The molecule has 0 atom stereocenters. The fourth-order valence-corrected chi connectivity index (χ4v) is 1.89. The maximum Gasteiger partial charge on any atom is 0.303 e. The van der Waals surface area contributed by atoms with Gasteiger partial charge in [0.05, 0.1) is 11.0 Å². The average molecular weight is 270 g/mol. The molecule has 0 fully saturated rings. The van der Waals surface area contributed by atoms with Gasteiger partial charge in [-0.3, -0.25) is 4.79 Å². The molecule has 2 rings (SSSR count). The second-order valence-corrected chi connectivity index (χ2v) is 4.08. The molecular formula is C12H16ClN3O2. The van der Waals surface area contributed by atoms with Crippen molar-refractivity contribution >= 4 is 35.1 Å². The van der Waals surface area contributed by atoms with Crippen LogP contribution in [0, 0.1) is 0 Å². The van der Waals surface area contributed by atoms with Crippen molar-refractivity contribution in [2.45, 2.75) is 19.3 Å². The zero-order valence-corrected chi connectivity index (χ0v) is 10.9. The van der Waals surface area contributed by atoms with Gasteiger partial charge < -0.3 is 15.4 Å². The first-order valence-corrected chi connectivity index (χ1v) is 5.50. The van der Waals surface area contributed by atoms with Crippen LogP contribution in [0.25, 0.3) is 11.0 Å². The summed E-state index contributed by atoms with van der Waals surface area (Å²) < 4.78 is 1.98. The molecule has 1 heterocycles. The molecule has 98 valence electrons. The molecule has 0 spiro atoms. The SMILES string of the molecule is Cl.Cn1c(CCCC(=O)O)nc2cc(N)ccc21. The Morgan fingerprint density at radius 2 is 2.22 bits per heavy atom. The Balaban J connectivity index is 0.00000162. The minimum absolute atomic E-state index is 0. The normalized spacial score (nSPS) is 10.3. The van der Waals surface area contributed by atoms with Crippen molar-refractivity contribution in [1.29, 1.82) is 0 Å². The lowest BCUT2D eigenvalue weighted by Crippen LogP contribution is -2.01. The zero-order chi connectivity index (χ0) is 12.4. The number of hydrogen-bond acceptors (Lipinski definition) is 3. The van der Waals surface area contributed by atoms with Crippen LogP contribution < -0.4 is 5.73 Å². The zero-order valence-electron chi connectivity index (χ0n) is 10.1. The Bertz CT molecular complexity index is 566. The molecule has 2 aromatic rings. The quantitative estimate of drug-likeness (QED) is 0.832. The van der Waals surface area contributed by atoms with E-state index in [4.69, 9.17) is 10.8 Å². The van der Waals surface area contributed by atoms with Crippen LogP contribution in [-0.2, 0) is 18.3 Å². The number of nitrogens with zero attached hydrogens (tertiary/aromatic N) is 2. The van der Waals surface area contributed by atoms with Gasteiger partial charge in [-0.25, -0.2) is 4.98 Å². The fourth-order valence-electron chi connectivity index (χ4n) is 1.89. The summed E-state index contributed by atoms with van der Waals surface area (Å²) in [6, 6.07) is 5.60. The highest BCUT2D eigenvalue weighted by Gasteiger charge is 2.08. The Hall–Kier alpha value is -1.75. The van der Waals surface area contributed by atoms with Crippen molar-refractivity contribution in [2.24, 2.45) is 7.05 Å². The van der Waals surface area contributed by atoms with Crippen LogP contribution in [-0.4, -0.2) is 20.6 Å². The predicted molar refractivity (Wildman–Crippen MR) is 72.9 cm³/mol. The molecule has 0 saturated carbocycles. The third-order valence-electron chi connectivity index (χ3n) is 2.79. The molecule has 0 aliphatic heterocycles. The Labute approximate surface area is 111 Å². The lowest BCUT2D eigenvalue weighted by Gasteiger charge is -2.00. The van der Waals surface area contributed by atoms with Gasteiger partial charge in [0.2, 0.25) is 0 Å².